The molecule has 0 aliphatic carbocycles. The van der Waals surface area contributed by atoms with Crippen molar-refractivity contribution in [2.75, 3.05) is 0 Å². The Hall–Kier alpha value is -1.84. The molecule has 18 heavy (non-hydrogen) atoms. The number of hydrogen-bond donors (Lipinski definition) is 1. The highest BCUT2D eigenvalue weighted by Gasteiger charge is 2.22. The highest BCUT2D eigenvalue weighted by Crippen LogP contribution is 2.19. The van der Waals surface area contributed by atoms with Crippen LogP contribution in [-0.4, -0.2) is 16.4 Å². The van der Waals surface area contributed by atoms with Crippen LogP contribution < -0.4 is 10.9 Å². The van der Waals surface area contributed by atoms with Crippen molar-refractivity contribution in [3.8, 4) is 6.07 Å². The molecule has 2 rings (SSSR count). The fourth-order valence-corrected chi connectivity index (χ4v) is 2.21. The molecule has 1 radical (unpaired) electrons. The van der Waals surface area contributed by atoms with Crippen molar-refractivity contribution in [3.05, 3.63) is 35.4 Å². The van der Waals surface area contributed by atoms with Crippen LogP contribution in [-0.2, 0) is 0 Å². The Morgan fingerprint density at radius 1 is 1.61 bits per heavy atom. The Morgan fingerprint density at radius 3 is 3.06 bits per heavy atom. The maximum Gasteiger partial charge on any atom is 0.280 e. The molecule has 0 aromatic heterocycles. The van der Waals surface area contributed by atoms with E-state index in [-0.39, 0.29) is 5.37 Å². The summed E-state index contributed by atoms with van der Waals surface area (Å²) in [6, 6.07) is 8.59. The molecule has 1 heterocycles. The molecule has 1 aromatic rings. The van der Waals surface area contributed by atoms with Gasteiger partial charge in [-0.1, -0.05) is 30.8 Å². The van der Waals surface area contributed by atoms with Gasteiger partial charge in [-0.3, -0.25) is 4.79 Å². The second-order valence-electron chi connectivity index (χ2n) is 3.61. The summed E-state index contributed by atoms with van der Waals surface area (Å²) in [4.78, 5) is 15.8. The molecular formula is C12H11N4OS. The van der Waals surface area contributed by atoms with E-state index in [2.05, 4.69) is 15.8 Å². The fraction of sp³-hybridized carbons (Fsp3) is 0.250. The van der Waals surface area contributed by atoms with E-state index in [1.54, 1.807) is 24.3 Å². The average Bonchev–Trinajstić information content (AvgIpc) is 2.86. The van der Waals surface area contributed by atoms with Crippen LogP contribution in [0.2, 0.25) is 0 Å². The van der Waals surface area contributed by atoms with Gasteiger partial charge in [0.25, 0.3) is 5.91 Å². The number of aliphatic imine (C=N–C) groups is 1. The topological polar surface area (TPSA) is 79.3 Å². The summed E-state index contributed by atoms with van der Waals surface area (Å²) >= 11 is 1.42. The lowest BCUT2D eigenvalue weighted by Crippen LogP contribution is -2.24. The summed E-state index contributed by atoms with van der Waals surface area (Å²) in [5.74, 6) is -0.433. The van der Waals surface area contributed by atoms with Crippen LogP contribution in [0.1, 0.15) is 29.3 Å². The number of benzene rings is 1. The number of rotatable bonds is 2. The highest BCUT2D eigenvalue weighted by molar-refractivity contribution is 8.14. The fourth-order valence-electron chi connectivity index (χ4n) is 1.45. The normalized spacial score (nSPS) is 20.4. The van der Waals surface area contributed by atoms with E-state index < -0.39 is 5.91 Å². The predicted octanol–water partition coefficient (Wildman–Crippen LogP) is 1.65. The summed E-state index contributed by atoms with van der Waals surface area (Å²) in [6.45, 7) is 2.02. The molecule has 1 aliphatic rings. The first-order chi connectivity index (χ1) is 8.74. The number of amides is 1. The van der Waals surface area contributed by atoms with Crippen molar-refractivity contribution in [1.29, 1.82) is 5.26 Å². The predicted molar refractivity (Wildman–Crippen MR) is 69.9 cm³/mol. The van der Waals surface area contributed by atoms with Crippen LogP contribution in [0.15, 0.2) is 29.3 Å². The summed E-state index contributed by atoms with van der Waals surface area (Å²) in [7, 11) is 0. The molecule has 1 fully saturated rings. The number of thioether (sulfide) groups is 1. The third kappa shape index (κ3) is 2.70. The SMILES string of the molecule is CCC1N[N]C(=NC(=O)c2ccccc2C#N)S1. The summed E-state index contributed by atoms with van der Waals surface area (Å²) in [5.41, 5.74) is 7.49. The Kier molecular flexibility index (Phi) is 3.97. The van der Waals surface area contributed by atoms with Gasteiger partial charge in [0.05, 0.1) is 22.6 Å². The Bertz CT molecular complexity index is 535. The maximum atomic E-state index is 11.9. The quantitative estimate of drug-likeness (QED) is 0.875. The number of nitrogens with one attached hydrogen (secondary N) is 1. The molecule has 1 aliphatic heterocycles. The second-order valence-corrected chi connectivity index (χ2v) is 4.78. The molecule has 1 unspecified atom stereocenters. The van der Waals surface area contributed by atoms with E-state index in [1.807, 2.05) is 13.0 Å². The standard InChI is InChI=1S/C12H11N4OS/c1-2-10-15-16-12(18-10)14-11(17)9-6-4-3-5-8(9)7-13/h3-6,10,15H,2H2,1H3. The first-order valence-electron chi connectivity index (χ1n) is 5.49. The van der Waals surface area contributed by atoms with Crippen LogP contribution in [0.4, 0.5) is 0 Å². The van der Waals surface area contributed by atoms with Crippen molar-refractivity contribution in [2.45, 2.75) is 18.7 Å². The van der Waals surface area contributed by atoms with Gasteiger partial charge >= 0.3 is 0 Å². The van der Waals surface area contributed by atoms with Crippen LogP contribution in [0, 0.1) is 11.3 Å². The molecule has 1 saturated heterocycles. The summed E-state index contributed by atoms with van der Waals surface area (Å²) in [5, 5.41) is 9.50. The third-order valence-electron chi connectivity index (χ3n) is 2.40. The van der Waals surface area contributed by atoms with Crippen LogP contribution in [0.25, 0.3) is 0 Å². The lowest BCUT2D eigenvalue weighted by Gasteiger charge is -1.99. The molecule has 5 nitrogen and oxygen atoms in total. The molecule has 1 amide bonds. The zero-order valence-electron chi connectivity index (χ0n) is 9.75. The van der Waals surface area contributed by atoms with Crippen LogP contribution >= 0.6 is 11.8 Å². The largest absolute Gasteiger partial charge is 0.280 e. The lowest BCUT2D eigenvalue weighted by atomic mass is 10.1. The van der Waals surface area contributed by atoms with Gasteiger partial charge in [0, 0.05) is 0 Å². The first kappa shape index (κ1) is 12.6. The van der Waals surface area contributed by atoms with E-state index in [0.29, 0.717) is 16.3 Å². The molecule has 0 spiro atoms. The molecule has 1 atom stereocenters. The second kappa shape index (κ2) is 5.67. The third-order valence-corrected chi connectivity index (χ3v) is 3.51. The molecule has 6 heteroatoms. The van der Waals surface area contributed by atoms with E-state index >= 15 is 0 Å². The van der Waals surface area contributed by atoms with E-state index in [1.165, 1.54) is 11.8 Å². The molecule has 0 bridgehead atoms. The Balaban J connectivity index is 2.18. The zero-order valence-corrected chi connectivity index (χ0v) is 10.6. The van der Waals surface area contributed by atoms with Gasteiger partial charge in [0.1, 0.15) is 0 Å². The minimum absolute atomic E-state index is 0.169. The Labute approximate surface area is 109 Å². The average molecular weight is 259 g/mol. The zero-order chi connectivity index (χ0) is 13.0. The maximum absolute atomic E-state index is 11.9. The summed E-state index contributed by atoms with van der Waals surface area (Å²) < 4.78 is 0. The van der Waals surface area contributed by atoms with Crippen LogP contribution in [0.3, 0.4) is 0 Å². The number of amidine groups is 1. The molecular weight excluding hydrogens is 248 g/mol. The molecule has 0 saturated carbocycles. The van der Waals surface area contributed by atoms with Crippen molar-refractivity contribution in [2.24, 2.45) is 4.99 Å². The minimum Gasteiger partial charge on any atom is -0.267 e. The van der Waals surface area contributed by atoms with Gasteiger partial charge in [0.15, 0.2) is 0 Å². The smallest absolute Gasteiger partial charge is 0.267 e. The van der Waals surface area contributed by atoms with Gasteiger partial charge in [-0.25, -0.2) is 0 Å². The molecule has 1 aromatic carbocycles. The number of carbonyl (C=O) groups is 1. The molecule has 91 valence electrons. The van der Waals surface area contributed by atoms with E-state index in [0.717, 1.165) is 6.42 Å². The highest BCUT2D eigenvalue weighted by atomic mass is 32.2. The van der Waals surface area contributed by atoms with Gasteiger partial charge < -0.3 is 0 Å². The lowest BCUT2D eigenvalue weighted by molar-refractivity contribution is 0.100. The number of nitriles is 1. The van der Waals surface area contributed by atoms with E-state index in [9.17, 15) is 4.79 Å². The van der Waals surface area contributed by atoms with Crippen molar-refractivity contribution in [3.63, 3.8) is 0 Å². The van der Waals surface area contributed by atoms with E-state index in [4.69, 9.17) is 5.26 Å². The monoisotopic (exact) mass is 259 g/mol. The number of nitrogens with zero attached hydrogens (tertiary/aromatic N) is 3. The Morgan fingerprint density at radius 2 is 2.39 bits per heavy atom. The van der Waals surface area contributed by atoms with Crippen molar-refractivity contribution in [1.82, 2.24) is 10.9 Å². The van der Waals surface area contributed by atoms with Gasteiger partial charge in [0.2, 0.25) is 5.17 Å². The first-order valence-corrected chi connectivity index (χ1v) is 6.37. The van der Waals surface area contributed by atoms with Gasteiger partial charge in [-0.05, 0) is 18.6 Å². The summed E-state index contributed by atoms with van der Waals surface area (Å²) in [6.07, 6.45) is 0.899. The minimum atomic E-state index is -0.433. The van der Waals surface area contributed by atoms with Crippen LogP contribution in [0.5, 0.6) is 0 Å². The van der Waals surface area contributed by atoms with Crippen molar-refractivity contribution >= 4 is 22.8 Å². The molecule has 1 N–H and O–H groups in total. The number of hydrogen-bond acceptors (Lipinski definition) is 4. The van der Waals surface area contributed by atoms with Gasteiger partial charge in [-0.2, -0.15) is 21.1 Å². The van der Waals surface area contributed by atoms with Gasteiger partial charge in [-0.15, -0.1) is 0 Å². The van der Waals surface area contributed by atoms with Crippen molar-refractivity contribution < 1.29 is 4.79 Å². The number of carbonyl (C=O) groups excluding carboxylic acids is 1.